The first-order chi connectivity index (χ1) is 9.79. The molecule has 0 aliphatic rings. The molecule has 2 aromatic rings. The van der Waals surface area contributed by atoms with E-state index in [2.05, 4.69) is 27.8 Å². The van der Waals surface area contributed by atoms with Gasteiger partial charge >= 0.3 is 0 Å². The molecule has 4 heteroatoms. The maximum atomic E-state index is 11.9. The van der Waals surface area contributed by atoms with Crippen molar-refractivity contribution >= 4 is 11.6 Å². The molecule has 0 unspecified atom stereocenters. The van der Waals surface area contributed by atoms with E-state index >= 15 is 0 Å². The highest BCUT2D eigenvalue weighted by Gasteiger charge is 2.06. The molecule has 0 saturated heterocycles. The smallest absolute Gasteiger partial charge is 0.269 e. The molecule has 1 amide bonds. The number of rotatable bonds is 6. The molecule has 0 bridgehead atoms. The molecule has 2 rings (SSSR count). The van der Waals surface area contributed by atoms with Gasteiger partial charge in [0.25, 0.3) is 5.91 Å². The van der Waals surface area contributed by atoms with Gasteiger partial charge < -0.3 is 10.6 Å². The highest BCUT2D eigenvalue weighted by atomic mass is 16.1. The van der Waals surface area contributed by atoms with Crippen LogP contribution in [0.4, 0.5) is 5.69 Å². The summed E-state index contributed by atoms with van der Waals surface area (Å²) in [5.74, 6) is -0.135. The maximum Gasteiger partial charge on any atom is 0.269 e. The summed E-state index contributed by atoms with van der Waals surface area (Å²) in [5.41, 5.74) is 2.58. The number of carbonyl (C=O) groups excluding carboxylic acids is 1. The Hall–Kier alpha value is -2.36. The summed E-state index contributed by atoms with van der Waals surface area (Å²) >= 11 is 0. The van der Waals surface area contributed by atoms with Gasteiger partial charge in [-0.15, -0.1) is 0 Å². The maximum absolute atomic E-state index is 11.9. The molecule has 0 aliphatic heterocycles. The summed E-state index contributed by atoms with van der Waals surface area (Å²) in [5, 5.41) is 6.02. The summed E-state index contributed by atoms with van der Waals surface area (Å²) in [4.78, 5) is 16.1. The number of nitrogens with zero attached hydrogens (tertiary/aromatic N) is 1. The van der Waals surface area contributed by atoms with Crippen molar-refractivity contribution in [3.05, 3.63) is 59.9 Å². The molecule has 1 aromatic heterocycles. The van der Waals surface area contributed by atoms with Gasteiger partial charge in [0, 0.05) is 13.1 Å². The molecule has 104 valence electrons. The van der Waals surface area contributed by atoms with E-state index in [0.717, 1.165) is 18.7 Å². The number of nitrogens with one attached hydrogen (secondary N) is 2. The Kier molecular flexibility index (Phi) is 5.12. The number of anilines is 1. The van der Waals surface area contributed by atoms with Crippen molar-refractivity contribution in [2.24, 2.45) is 0 Å². The molecule has 0 aliphatic carbocycles. The molecule has 0 atom stereocenters. The fourth-order valence-corrected chi connectivity index (χ4v) is 1.89. The average molecular weight is 269 g/mol. The van der Waals surface area contributed by atoms with Crippen LogP contribution in [0.2, 0.25) is 0 Å². The zero-order chi connectivity index (χ0) is 14.2. The number of hydrogen-bond donors (Lipinski definition) is 2. The van der Waals surface area contributed by atoms with E-state index < -0.39 is 0 Å². The number of aromatic nitrogens is 1. The zero-order valence-electron chi connectivity index (χ0n) is 11.6. The Morgan fingerprint density at radius 3 is 2.60 bits per heavy atom. The highest BCUT2D eigenvalue weighted by molar-refractivity contribution is 5.92. The van der Waals surface area contributed by atoms with E-state index in [1.165, 1.54) is 5.56 Å². The third-order valence-corrected chi connectivity index (χ3v) is 2.92. The van der Waals surface area contributed by atoms with Gasteiger partial charge in [0.05, 0.1) is 11.9 Å². The Balaban J connectivity index is 1.82. The second-order valence-corrected chi connectivity index (χ2v) is 4.45. The number of benzene rings is 1. The van der Waals surface area contributed by atoms with Crippen LogP contribution in [0.1, 0.15) is 23.0 Å². The second-order valence-electron chi connectivity index (χ2n) is 4.45. The first-order valence-corrected chi connectivity index (χ1v) is 6.81. The third kappa shape index (κ3) is 4.09. The van der Waals surface area contributed by atoms with Crippen molar-refractivity contribution in [2.75, 3.05) is 18.4 Å². The molecule has 2 N–H and O–H groups in total. The first-order valence-electron chi connectivity index (χ1n) is 6.81. The molecule has 1 aromatic carbocycles. The van der Waals surface area contributed by atoms with Gasteiger partial charge in [-0.05, 0) is 31.0 Å². The van der Waals surface area contributed by atoms with Crippen molar-refractivity contribution in [1.29, 1.82) is 0 Å². The van der Waals surface area contributed by atoms with Crippen LogP contribution in [0.5, 0.6) is 0 Å². The lowest BCUT2D eigenvalue weighted by atomic mass is 10.1. The molecule has 0 fully saturated rings. The van der Waals surface area contributed by atoms with Crippen LogP contribution in [0.25, 0.3) is 0 Å². The first kappa shape index (κ1) is 14.1. The van der Waals surface area contributed by atoms with Crippen molar-refractivity contribution < 1.29 is 4.79 Å². The molecule has 1 heterocycles. The van der Waals surface area contributed by atoms with Gasteiger partial charge in [-0.2, -0.15) is 0 Å². The second kappa shape index (κ2) is 7.28. The molecule has 0 saturated carbocycles. The molecule has 4 nitrogen and oxygen atoms in total. The summed E-state index contributed by atoms with van der Waals surface area (Å²) in [6.07, 6.45) is 2.50. The van der Waals surface area contributed by atoms with Crippen LogP contribution in [-0.4, -0.2) is 24.0 Å². The number of pyridine rings is 1. The number of amides is 1. The van der Waals surface area contributed by atoms with E-state index in [1.807, 2.05) is 31.2 Å². The zero-order valence-corrected chi connectivity index (χ0v) is 11.6. The number of hydrogen-bond acceptors (Lipinski definition) is 3. The van der Waals surface area contributed by atoms with E-state index in [0.29, 0.717) is 12.2 Å². The summed E-state index contributed by atoms with van der Waals surface area (Å²) in [7, 11) is 0. The van der Waals surface area contributed by atoms with Crippen LogP contribution in [0.3, 0.4) is 0 Å². The van der Waals surface area contributed by atoms with E-state index in [-0.39, 0.29) is 5.91 Å². The summed E-state index contributed by atoms with van der Waals surface area (Å²) < 4.78 is 0. The Labute approximate surface area is 119 Å². The SMILES string of the molecule is CCNc1ccc(C(=O)NCCc2ccccc2)nc1. The summed E-state index contributed by atoms with van der Waals surface area (Å²) in [6, 6.07) is 13.7. The molecule has 0 radical (unpaired) electrons. The lowest BCUT2D eigenvalue weighted by molar-refractivity contribution is 0.0949. The molecular weight excluding hydrogens is 250 g/mol. The van der Waals surface area contributed by atoms with Crippen LogP contribution < -0.4 is 10.6 Å². The van der Waals surface area contributed by atoms with Crippen molar-refractivity contribution in [3.8, 4) is 0 Å². The van der Waals surface area contributed by atoms with Gasteiger partial charge in [-0.1, -0.05) is 30.3 Å². The quantitative estimate of drug-likeness (QED) is 0.847. The van der Waals surface area contributed by atoms with Gasteiger partial charge in [0.2, 0.25) is 0 Å². The molecular formula is C16H19N3O. The van der Waals surface area contributed by atoms with Crippen LogP contribution in [0.15, 0.2) is 48.7 Å². The van der Waals surface area contributed by atoms with Crippen molar-refractivity contribution in [3.63, 3.8) is 0 Å². The Morgan fingerprint density at radius 1 is 1.15 bits per heavy atom. The van der Waals surface area contributed by atoms with E-state index in [9.17, 15) is 4.79 Å². The van der Waals surface area contributed by atoms with Gasteiger partial charge in [-0.25, -0.2) is 4.98 Å². The van der Waals surface area contributed by atoms with Crippen LogP contribution >= 0.6 is 0 Å². The number of carbonyl (C=O) groups is 1. The van der Waals surface area contributed by atoms with Crippen LogP contribution in [0, 0.1) is 0 Å². The van der Waals surface area contributed by atoms with E-state index in [4.69, 9.17) is 0 Å². The van der Waals surface area contributed by atoms with Crippen molar-refractivity contribution in [2.45, 2.75) is 13.3 Å². The van der Waals surface area contributed by atoms with Gasteiger partial charge in [0.1, 0.15) is 5.69 Å². The minimum Gasteiger partial charge on any atom is -0.384 e. The molecule has 20 heavy (non-hydrogen) atoms. The van der Waals surface area contributed by atoms with Crippen LogP contribution in [-0.2, 0) is 6.42 Å². The van der Waals surface area contributed by atoms with Gasteiger partial charge in [-0.3, -0.25) is 4.79 Å². The summed E-state index contributed by atoms with van der Waals surface area (Å²) in [6.45, 7) is 3.47. The van der Waals surface area contributed by atoms with E-state index in [1.54, 1.807) is 12.3 Å². The molecule has 0 spiro atoms. The average Bonchev–Trinajstić information content (AvgIpc) is 2.49. The Bertz CT molecular complexity index is 537. The minimum absolute atomic E-state index is 0.135. The Morgan fingerprint density at radius 2 is 1.95 bits per heavy atom. The van der Waals surface area contributed by atoms with Crippen molar-refractivity contribution in [1.82, 2.24) is 10.3 Å². The lowest BCUT2D eigenvalue weighted by Crippen LogP contribution is -2.26. The standard InChI is InChI=1S/C16H19N3O/c1-2-17-14-8-9-15(19-12-14)16(20)18-11-10-13-6-4-3-5-7-13/h3-9,12,17H,2,10-11H2,1H3,(H,18,20). The fraction of sp³-hybridized carbons (Fsp3) is 0.250. The lowest BCUT2D eigenvalue weighted by Gasteiger charge is -2.06. The predicted octanol–water partition coefficient (Wildman–Crippen LogP) is 2.49. The largest absolute Gasteiger partial charge is 0.384 e. The van der Waals surface area contributed by atoms with Gasteiger partial charge in [0.15, 0.2) is 0 Å². The normalized spacial score (nSPS) is 10.1. The minimum atomic E-state index is -0.135. The topological polar surface area (TPSA) is 54.0 Å². The predicted molar refractivity (Wildman–Crippen MR) is 80.9 cm³/mol. The third-order valence-electron chi connectivity index (χ3n) is 2.92. The fourth-order valence-electron chi connectivity index (χ4n) is 1.89. The monoisotopic (exact) mass is 269 g/mol. The highest BCUT2D eigenvalue weighted by Crippen LogP contribution is 2.05.